The minimum absolute atomic E-state index is 0.0914. The summed E-state index contributed by atoms with van der Waals surface area (Å²) in [6.45, 7) is 0.714. The Labute approximate surface area is 96.2 Å². The third-order valence-corrected chi connectivity index (χ3v) is 4.14. The lowest BCUT2D eigenvalue weighted by atomic mass is 9.67. The molecule has 0 spiro atoms. The zero-order valence-corrected chi connectivity index (χ0v) is 9.65. The minimum Gasteiger partial charge on any atom is -0.481 e. The molecule has 2 aliphatic rings. The first kappa shape index (κ1) is 11.9. The minimum atomic E-state index is -0.689. The average Bonchev–Trinajstić information content (AvgIpc) is 2.31. The highest BCUT2D eigenvalue weighted by Gasteiger charge is 2.48. The highest BCUT2D eigenvalue weighted by molar-refractivity contribution is 5.75. The zero-order chi connectivity index (χ0) is 11.6. The van der Waals surface area contributed by atoms with E-state index >= 15 is 0 Å². The van der Waals surface area contributed by atoms with Gasteiger partial charge in [0.2, 0.25) is 0 Å². The van der Waals surface area contributed by atoms with Gasteiger partial charge in [-0.2, -0.15) is 0 Å². The lowest BCUT2D eigenvalue weighted by molar-refractivity contribution is -0.168. The summed E-state index contributed by atoms with van der Waals surface area (Å²) in [4.78, 5) is 11.6. The molecule has 1 aliphatic carbocycles. The topological polar surface area (TPSA) is 72.6 Å². The van der Waals surface area contributed by atoms with Crippen molar-refractivity contribution in [1.82, 2.24) is 0 Å². The standard InChI is InChI=1S/C12H21NO3/c13-9-4-6-12(7-5-9,11(14)15)10-3-1-2-8-16-10/h9-10H,1-8,13H2,(H,14,15). The number of hydrogen-bond acceptors (Lipinski definition) is 3. The van der Waals surface area contributed by atoms with Crippen molar-refractivity contribution in [2.24, 2.45) is 11.1 Å². The summed E-state index contributed by atoms with van der Waals surface area (Å²) >= 11 is 0. The Morgan fingerprint density at radius 3 is 2.44 bits per heavy atom. The maximum Gasteiger partial charge on any atom is 0.312 e. The van der Waals surface area contributed by atoms with Crippen LogP contribution < -0.4 is 5.73 Å². The molecule has 4 heteroatoms. The van der Waals surface area contributed by atoms with Gasteiger partial charge in [-0.25, -0.2) is 0 Å². The van der Waals surface area contributed by atoms with Crippen LogP contribution in [0.3, 0.4) is 0 Å². The van der Waals surface area contributed by atoms with Crippen LogP contribution >= 0.6 is 0 Å². The summed E-state index contributed by atoms with van der Waals surface area (Å²) in [5, 5.41) is 9.51. The third-order valence-electron chi connectivity index (χ3n) is 4.14. The molecule has 0 radical (unpaired) electrons. The van der Waals surface area contributed by atoms with Gasteiger partial charge in [-0.05, 0) is 44.9 Å². The highest BCUT2D eigenvalue weighted by Crippen LogP contribution is 2.43. The number of nitrogens with two attached hydrogens (primary N) is 1. The Morgan fingerprint density at radius 1 is 1.25 bits per heavy atom. The molecule has 16 heavy (non-hydrogen) atoms. The van der Waals surface area contributed by atoms with E-state index in [2.05, 4.69) is 0 Å². The highest BCUT2D eigenvalue weighted by atomic mass is 16.5. The fraction of sp³-hybridized carbons (Fsp3) is 0.917. The molecule has 0 amide bonds. The Hall–Kier alpha value is -0.610. The van der Waals surface area contributed by atoms with Crippen LogP contribution in [-0.2, 0) is 9.53 Å². The monoisotopic (exact) mass is 227 g/mol. The number of ether oxygens (including phenoxy) is 1. The van der Waals surface area contributed by atoms with Gasteiger partial charge >= 0.3 is 5.97 Å². The molecule has 1 saturated carbocycles. The fourth-order valence-corrected chi connectivity index (χ4v) is 3.01. The van der Waals surface area contributed by atoms with Crippen molar-refractivity contribution in [3.05, 3.63) is 0 Å². The van der Waals surface area contributed by atoms with E-state index in [0.29, 0.717) is 19.4 Å². The summed E-state index contributed by atoms with van der Waals surface area (Å²) in [7, 11) is 0. The second-order valence-electron chi connectivity index (χ2n) is 5.15. The quantitative estimate of drug-likeness (QED) is 0.750. The van der Waals surface area contributed by atoms with E-state index in [1.165, 1.54) is 0 Å². The molecule has 1 unspecified atom stereocenters. The number of carbonyl (C=O) groups is 1. The van der Waals surface area contributed by atoms with E-state index in [1.54, 1.807) is 0 Å². The molecular formula is C12H21NO3. The summed E-state index contributed by atoms with van der Waals surface area (Å²) in [6.07, 6.45) is 5.92. The Bertz CT molecular complexity index is 253. The molecule has 0 aromatic rings. The molecular weight excluding hydrogens is 206 g/mol. The first-order valence-corrected chi connectivity index (χ1v) is 6.26. The summed E-state index contributed by atoms with van der Waals surface area (Å²) < 4.78 is 5.70. The molecule has 1 aliphatic heterocycles. The van der Waals surface area contributed by atoms with Crippen LogP contribution in [0.1, 0.15) is 44.9 Å². The average molecular weight is 227 g/mol. The summed E-state index contributed by atoms with van der Waals surface area (Å²) in [5.74, 6) is -0.689. The molecule has 2 rings (SSSR count). The molecule has 3 N–H and O–H groups in total. The molecule has 1 saturated heterocycles. The normalized spacial score (nSPS) is 40.6. The summed E-state index contributed by atoms with van der Waals surface area (Å²) in [6, 6.07) is 0.177. The Morgan fingerprint density at radius 2 is 1.94 bits per heavy atom. The smallest absolute Gasteiger partial charge is 0.312 e. The second kappa shape index (κ2) is 4.72. The van der Waals surface area contributed by atoms with E-state index in [-0.39, 0.29) is 12.1 Å². The van der Waals surface area contributed by atoms with Gasteiger partial charge in [0.1, 0.15) is 0 Å². The van der Waals surface area contributed by atoms with E-state index in [9.17, 15) is 9.90 Å². The molecule has 0 aromatic carbocycles. The maximum absolute atomic E-state index is 11.6. The lowest BCUT2D eigenvalue weighted by Gasteiger charge is -2.42. The van der Waals surface area contributed by atoms with Gasteiger partial charge in [-0.3, -0.25) is 4.79 Å². The van der Waals surface area contributed by atoms with Gasteiger partial charge in [0.05, 0.1) is 11.5 Å². The fourth-order valence-electron chi connectivity index (χ4n) is 3.01. The maximum atomic E-state index is 11.6. The number of carboxylic acids is 1. The van der Waals surface area contributed by atoms with Gasteiger partial charge in [0.25, 0.3) is 0 Å². The SMILES string of the molecule is NC1CCC(C(=O)O)(C2CCCCO2)CC1. The van der Waals surface area contributed by atoms with Crippen LogP contribution in [0.4, 0.5) is 0 Å². The Balaban J connectivity index is 2.11. The van der Waals surface area contributed by atoms with Crippen molar-refractivity contribution in [2.75, 3.05) is 6.61 Å². The molecule has 92 valence electrons. The molecule has 4 nitrogen and oxygen atoms in total. The van der Waals surface area contributed by atoms with Crippen LogP contribution in [-0.4, -0.2) is 29.8 Å². The van der Waals surface area contributed by atoms with Gasteiger partial charge in [-0.1, -0.05) is 0 Å². The first-order valence-electron chi connectivity index (χ1n) is 6.26. The number of aliphatic carboxylic acids is 1. The zero-order valence-electron chi connectivity index (χ0n) is 9.65. The number of rotatable bonds is 2. The van der Waals surface area contributed by atoms with E-state index in [4.69, 9.17) is 10.5 Å². The van der Waals surface area contributed by atoms with Crippen molar-refractivity contribution in [3.63, 3.8) is 0 Å². The van der Waals surface area contributed by atoms with Gasteiger partial charge in [0.15, 0.2) is 0 Å². The van der Waals surface area contributed by atoms with Crippen molar-refractivity contribution >= 4 is 5.97 Å². The van der Waals surface area contributed by atoms with Crippen LogP contribution in [0.5, 0.6) is 0 Å². The van der Waals surface area contributed by atoms with Crippen LogP contribution in [0.2, 0.25) is 0 Å². The molecule has 2 fully saturated rings. The lowest BCUT2D eigenvalue weighted by Crippen LogP contribution is -2.49. The van der Waals surface area contributed by atoms with Crippen molar-refractivity contribution in [3.8, 4) is 0 Å². The van der Waals surface area contributed by atoms with Gasteiger partial charge in [-0.15, -0.1) is 0 Å². The Kier molecular flexibility index (Phi) is 3.50. The van der Waals surface area contributed by atoms with Crippen LogP contribution in [0.15, 0.2) is 0 Å². The second-order valence-corrected chi connectivity index (χ2v) is 5.15. The van der Waals surface area contributed by atoms with Crippen LogP contribution in [0.25, 0.3) is 0 Å². The van der Waals surface area contributed by atoms with Crippen molar-refractivity contribution in [1.29, 1.82) is 0 Å². The van der Waals surface area contributed by atoms with Crippen molar-refractivity contribution in [2.45, 2.75) is 57.1 Å². The number of hydrogen-bond donors (Lipinski definition) is 2. The predicted octanol–water partition coefficient (Wildman–Crippen LogP) is 1.53. The molecule has 0 bridgehead atoms. The van der Waals surface area contributed by atoms with E-state index in [1.807, 2.05) is 0 Å². The van der Waals surface area contributed by atoms with Gasteiger partial charge in [0, 0.05) is 12.6 Å². The molecule has 0 aromatic heterocycles. The van der Waals surface area contributed by atoms with Crippen molar-refractivity contribution < 1.29 is 14.6 Å². The first-order chi connectivity index (χ1) is 7.65. The van der Waals surface area contributed by atoms with Crippen LogP contribution in [0, 0.1) is 5.41 Å². The summed E-state index contributed by atoms with van der Waals surface area (Å²) in [5.41, 5.74) is 5.20. The third kappa shape index (κ3) is 2.09. The van der Waals surface area contributed by atoms with E-state index in [0.717, 1.165) is 32.1 Å². The number of carboxylic acid groups (broad SMARTS) is 1. The van der Waals surface area contributed by atoms with E-state index < -0.39 is 11.4 Å². The largest absolute Gasteiger partial charge is 0.481 e. The van der Waals surface area contributed by atoms with Gasteiger partial charge < -0.3 is 15.6 Å². The molecule has 1 atom stereocenters. The molecule has 1 heterocycles. The predicted molar refractivity (Wildman–Crippen MR) is 60.1 cm³/mol.